The third-order valence-electron chi connectivity index (χ3n) is 10.5. The van der Waals surface area contributed by atoms with Crippen LogP contribution in [0.15, 0.2) is 42.5 Å². The number of hydrogen-bond donors (Lipinski definition) is 4. The summed E-state index contributed by atoms with van der Waals surface area (Å²) in [5.41, 5.74) is -3.72. The monoisotopic (exact) mass is 864 g/mol. The van der Waals surface area contributed by atoms with E-state index in [0.29, 0.717) is 29.3 Å². The molecule has 2 aliphatic carbocycles. The third-order valence-corrected chi connectivity index (χ3v) is 11.4. The van der Waals surface area contributed by atoms with Crippen LogP contribution in [0.4, 0.5) is 36.6 Å². The summed E-state index contributed by atoms with van der Waals surface area (Å²) in [6, 6.07) is 7.23. The number of anilines is 1. The minimum absolute atomic E-state index is 0.00392. The molecule has 4 heterocycles. The second-order valence-corrected chi connectivity index (χ2v) is 17.1. The Morgan fingerprint density at radius 1 is 1.12 bits per heavy atom. The maximum Gasteiger partial charge on any atom is 0.435 e. The first-order chi connectivity index (χ1) is 27.6. The van der Waals surface area contributed by atoms with E-state index in [-0.39, 0.29) is 57.2 Å². The lowest BCUT2D eigenvalue weighted by atomic mass is 9.93. The molecular formula is C38H32ClF7N8O4S. The van der Waals surface area contributed by atoms with Crippen molar-refractivity contribution in [3.63, 3.8) is 0 Å². The molecule has 0 spiro atoms. The van der Waals surface area contributed by atoms with E-state index < -0.39 is 93.1 Å². The van der Waals surface area contributed by atoms with Gasteiger partial charge >= 0.3 is 6.18 Å². The number of sulfonamides is 1. The van der Waals surface area contributed by atoms with Crippen molar-refractivity contribution >= 4 is 44.3 Å². The summed E-state index contributed by atoms with van der Waals surface area (Å²) in [4.78, 5) is 18.7. The molecule has 0 radical (unpaired) electrons. The van der Waals surface area contributed by atoms with Crippen LogP contribution >= 0.6 is 11.6 Å². The maximum atomic E-state index is 15.4. The highest BCUT2D eigenvalue weighted by molar-refractivity contribution is 7.92. The van der Waals surface area contributed by atoms with Crippen molar-refractivity contribution in [1.82, 2.24) is 35.2 Å². The highest BCUT2D eigenvalue weighted by Crippen LogP contribution is 2.68. The Hall–Kier alpha value is -5.23. The van der Waals surface area contributed by atoms with Crippen molar-refractivity contribution in [2.24, 2.45) is 13.0 Å². The molecule has 59 heavy (non-hydrogen) atoms. The van der Waals surface area contributed by atoms with Gasteiger partial charge < -0.3 is 15.7 Å². The number of pyridine rings is 1. The van der Waals surface area contributed by atoms with Gasteiger partial charge in [0, 0.05) is 48.7 Å². The molecule has 2 aromatic carbocycles. The van der Waals surface area contributed by atoms with Crippen LogP contribution in [0.5, 0.6) is 0 Å². The number of rotatable bonds is 9. The van der Waals surface area contributed by atoms with E-state index in [1.54, 1.807) is 6.07 Å². The molecule has 4 N–H and O–H groups in total. The van der Waals surface area contributed by atoms with Gasteiger partial charge in [-0.3, -0.25) is 18.9 Å². The van der Waals surface area contributed by atoms with Gasteiger partial charge in [-0.1, -0.05) is 23.6 Å². The number of hydrogen-bond acceptors (Lipinski definition) is 8. The zero-order valence-corrected chi connectivity index (χ0v) is 32.4. The van der Waals surface area contributed by atoms with E-state index in [4.69, 9.17) is 16.6 Å². The topological polar surface area (TPSA) is 156 Å². The van der Waals surface area contributed by atoms with Crippen molar-refractivity contribution in [2.45, 2.75) is 55.5 Å². The van der Waals surface area contributed by atoms with E-state index in [1.807, 2.05) is 0 Å². The van der Waals surface area contributed by atoms with Crippen molar-refractivity contribution in [3.05, 3.63) is 93.0 Å². The lowest BCUT2D eigenvalue weighted by molar-refractivity contribution is -0.142. The second-order valence-electron chi connectivity index (χ2n) is 14.9. The van der Waals surface area contributed by atoms with Gasteiger partial charge in [-0.15, -0.1) is 0 Å². The Kier molecular flexibility index (Phi) is 9.76. The first-order valence-electron chi connectivity index (χ1n) is 18.0. The zero-order chi connectivity index (χ0) is 42.4. The normalized spacial score (nSPS) is 21.1. The number of nitrogens with one attached hydrogen (secondary N) is 3. The number of alkyl halides is 5. The lowest BCUT2D eigenvalue weighted by Crippen LogP contribution is -2.35. The number of aromatic nitrogens is 5. The van der Waals surface area contributed by atoms with Gasteiger partial charge in [0.1, 0.15) is 35.2 Å². The van der Waals surface area contributed by atoms with Crippen LogP contribution in [0.2, 0.25) is 5.02 Å². The molecule has 8 rings (SSSR count). The molecule has 1 amide bonds. The number of aryl methyl sites for hydroxylation is 1. The standard InChI is InChI=1S/C38H32ClF7N8O4S/c1-53-32-23(5-6-26(39)30(32)35(51-53)52-59(2,57)58)22-4-3-21(7-8-36(56)9-10-47-17-36)48-31(22)27(13-18-11-19(40)14-20(41)12-18)49-28(55)16-54-34-29(33(50-54)38(44,45)46)24-15-25(24)37(34,42)43/h3-6,11-12,14,24-25,27,47,56H,9-10,13,15-17H2,1-2H3,(H,49,55)(H,51,52)/t24?,25-,27+,36?/m1/s1. The predicted octanol–water partition coefficient (Wildman–Crippen LogP) is 5.54. The van der Waals surface area contributed by atoms with Gasteiger partial charge in [-0.25, -0.2) is 22.2 Å². The molecular weight excluding hydrogens is 833 g/mol. The molecule has 21 heteroatoms. The highest BCUT2D eigenvalue weighted by atomic mass is 35.5. The van der Waals surface area contributed by atoms with Crippen molar-refractivity contribution in [1.29, 1.82) is 0 Å². The summed E-state index contributed by atoms with van der Waals surface area (Å²) in [6.07, 6.45) is -4.43. The summed E-state index contributed by atoms with van der Waals surface area (Å²) < 4.78 is 131. The van der Waals surface area contributed by atoms with Crippen LogP contribution in [0.1, 0.15) is 58.7 Å². The first-order valence-corrected chi connectivity index (χ1v) is 20.3. The van der Waals surface area contributed by atoms with E-state index in [9.17, 15) is 40.3 Å². The molecule has 3 aromatic heterocycles. The maximum absolute atomic E-state index is 15.4. The SMILES string of the molecule is Cn1nc(NS(C)(=O)=O)c2c(Cl)ccc(-c3ccc(C#CC4(O)CCNC4)nc3[C@H](Cc3cc(F)cc(F)c3)NC(=O)Cn3nc(C(F)(F)F)c4c3C(F)(F)[C@@H]3CC43)c21. The largest absolute Gasteiger partial charge is 0.435 e. The number of halogens is 8. The van der Waals surface area contributed by atoms with Crippen LogP contribution in [0.25, 0.3) is 22.0 Å². The number of fused-ring (bicyclic) bond motifs is 4. The highest BCUT2D eigenvalue weighted by Gasteiger charge is 2.68. The molecule has 1 aliphatic heterocycles. The number of carbonyl (C=O) groups is 1. The van der Waals surface area contributed by atoms with E-state index >= 15 is 8.78 Å². The molecule has 4 atom stereocenters. The smallest absolute Gasteiger partial charge is 0.376 e. The fraction of sp³-hybridized carbons (Fsp3) is 0.368. The molecule has 3 aliphatic rings. The van der Waals surface area contributed by atoms with Crippen molar-refractivity contribution in [2.75, 3.05) is 24.1 Å². The van der Waals surface area contributed by atoms with Gasteiger partial charge in [-0.05, 0) is 67.1 Å². The fourth-order valence-corrected chi connectivity index (χ4v) is 8.73. The molecule has 2 unspecified atom stereocenters. The minimum Gasteiger partial charge on any atom is -0.376 e. The van der Waals surface area contributed by atoms with E-state index in [0.717, 1.165) is 18.4 Å². The summed E-state index contributed by atoms with van der Waals surface area (Å²) in [5.74, 6) is -3.65. The lowest BCUT2D eigenvalue weighted by Gasteiger charge is -2.23. The molecule has 1 saturated heterocycles. The average Bonchev–Trinajstić information content (AvgIpc) is 3.35. The van der Waals surface area contributed by atoms with Crippen LogP contribution in [0.3, 0.4) is 0 Å². The Bertz CT molecular complexity index is 2720. The zero-order valence-electron chi connectivity index (χ0n) is 30.9. The molecule has 2 fully saturated rings. The third kappa shape index (κ3) is 7.72. The number of benzene rings is 2. The van der Waals surface area contributed by atoms with Gasteiger partial charge in [0.25, 0.3) is 5.92 Å². The van der Waals surface area contributed by atoms with Gasteiger partial charge in [0.15, 0.2) is 11.5 Å². The molecule has 12 nitrogen and oxygen atoms in total. The minimum atomic E-state index is -5.09. The Balaban J connectivity index is 1.28. The Labute approximate surface area is 336 Å². The van der Waals surface area contributed by atoms with Crippen LogP contribution < -0.4 is 15.4 Å². The number of β-amino-alcohol motifs (C(OH)–C–C–N with tert-alkyl or cyclic N) is 1. The second kappa shape index (κ2) is 14.2. The fourth-order valence-electron chi connectivity index (χ4n) is 8.00. The average molecular weight is 865 g/mol. The molecule has 5 aromatic rings. The summed E-state index contributed by atoms with van der Waals surface area (Å²) in [6.45, 7) is -0.439. The molecule has 310 valence electrons. The number of nitrogens with zero attached hydrogens (tertiary/aromatic N) is 5. The van der Waals surface area contributed by atoms with Crippen molar-refractivity contribution in [3.8, 4) is 23.0 Å². The van der Waals surface area contributed by atoms with Crippen molar-refractivity contribution < 1.29 is 49.1 Å². The Morgan fingerprint density at radius 2 is 1.83 bits per heavy atom. The summed E-state index contributed by atoms with van der Waals surface area (Å²) in [5, 5.41) is 24.6. The first kappa shape index (κ1) is 40.5. The number of aliphatic hydroxyl groups is 1. The predicted molar refractivity (Wildman–Crippen MR) is 200 cm³/mol. The number of amides is 1. The quantitative estimate of drug-likeness (QED) is 0.111. The Morgan fingerprint density at radius 3 is 2.49 bits per heavy atom. The van der Waals surface area contributed by atoms with Crippen LogP contribution in [-0.4, -0.2) is 68.9 Å². The van der Waals surface area contributed by atoms with Gasteiger partial charge in [0.05, 0.1) is 33.9 Å². The molecule has 0 bridgehead atoms. The van der Waals surface area contributed by atoms with E-state index in [2.05, 4.69) is 37.4 Å². The van der Waals surface area contributed by atoms with Crippen LogP contribution in [0, 0.1) is 29.4 Å². The van der Waals surface area contributed by atoms with Gasteiger partial charge in [0.2, 0.25) is 15.9 Å². The van der Waals surface area contributed by atoms with E-state index in [1.165, 1.54) is 29.9 Å². The van der Waals surface area contributed by atoms with Gasteiger partial charge in [-0.2, -0.15) is 32.1 Å². The van der Waals surface area contributed by atoms with Crippen LogP contribution in [-0.2, 0) is 46.9 Å². The summed E-state index contributed by atoms with van der Waals surface area (Å²) in [7, 11) is -2.35. The molecule has 1 saturated carbocycles. The number of carbonyl (C=O) groups excluding carboxylic acids is 1. The summed E-state index contributed by atoms with van der Waals surface area (Å²) >= 11 is 6.58.